The van der Waals surface area contributed by atoms with Crippen LogP contribution in [-0.4, -0.2) is 21.9 Å². The highest BCUT2D eigenvalue weighted by Crippen LogP contribution is 2.25. The van der Waals surface area contributed by atoms with Gasteiger partial charge < -0.3 is 4.90 Å². The van der Waals surface area contributed by atoms with Crippen LogP contribution in [0.15, 0.2) is 30.3 Å². The van der Waals surface area contributed by atoms with Crippen LogP contribution >= 0.6 is 11.8 Å². The molecule has 0 spiro atoms. The molecule has 0 radical (unpaired) electrons. The molecule has 0 bridgehead atoms. The van der Waals surface area contributed by atoms with Gasteiger partial charge in [-0.15, -0.1) is 0 Å². The highest BCUT2D eigenvalue weighted by Gasteiger charge is 2.23. The fraction of sp³-hybridized carbons (Fsp3) is 0.364. The van der Waals surface area contributed by atoms with E-state index in [0.717, 1.165) is 13.1 Å². The summed E-state index contributed by atoms with van der Waals surface area (Å²) in [6.07, 6.45) is 0. The SMILES string of the molecule is C[C@@H]1CN(Cc2ccccc2)C(=N)S1. The average Bonchev–Trinajstić information content (AvgIpc) is 2.47. The first-order chi connectivity index (χ1) is 6.75. The lowest BCUT2D eigenvalue weighted by atomic mass is 10.2. The molecule has 14 heavy (non-hydrogen) atoms. The molecular weight excluding hydrogens is 192 g/mol. The highest BCUT2D eigenvalue weighted by atomic mass is 32.2. The fourth-order valence-corrected chi connectivity index (χ4v) is 2.56. The Labute approximate surface area is 88.8 Å². The smallest absolute Gasteiger partial charge is 0.157 e. The van der Waals surface area contributed by atoms with Gasteiger partial charge in [0.2, 0.25) is 0 Å². The van der Waals surface area contributed by atoms with Gasteiger partial charge in [-0.1, -0.05) is 49.0 Å². The number of benzene rings is 1. The topological polar surface area (TPSA) is 27.1 Å². The molecule has 1 saturated heterocycles. The zero-order valence-corrected chi connectivity index (χ0v) is 9.05. The monoisotopic (exact) mass is 206 g/mol. The van der Waals surface area contributed by atoms with Gasteiger partial charge in [-0.3, -0.25) is 5.41 Å². The summed E-state index contributed by atoms with van der Waals surface area (Å²) in [5.41, 5.74) is 1.28. The van der Waals surface area contributed by atoms with Crippen molar-refractivity contribution in [3.8, 4) is 0 Å². The summed E-state index contributed by atoms with van der Waals surface area (Å²) in [4.78, 5) is 2.13. The Morgan fingerprint density at radius 2 is 2.14 bits per heavy atom. The van der Waals surface area contributed by atoms with E-state index in [4.69, 9.17) is 5.41 Å². The van der Waals surface area contributed by atoms with Crippen molar-refractivity contribution >= 4 is 16.9 Å². The van der Waals surface area contributed by atoms with Crippen molar-refractivity contribution in [2.75, 3.05) is 6.54 Å². The van der Waals surface area contributed by atoms with E-state index in [-0.39, 0.29) is 0 Å². The molecule has 0 unspecified atom stereocenters. The van der Waals surface area contributed by atoms with Crippen molar-refractivity contribution in [1.82, 2.24) is 4.90 Å². The van der Waals surface area contributed by atoms with Crippen molar-refractivity contribution in [3.63, 3.8) is 0 Å². The van der Waals surface area contributed by atoms with Crippen molar-refractivity contribution in [2.24, 2.45) is 0 Å². The number of nitrogens with one attached hydrogen (secondary N) is 1. The lowest BCUT2D eigenvalue weighted by Crippen LogP contribution is -2.24. The van der Waals surface area contributed by atoms with Gasteiger partial charge in [-0.25, -0.2) is 0 Å². The van der Waals surface area contributed by atoms with Gasteiger partial charge in [0.1, 0.15) is 0 Å². The van der Waals surface area contributed by atoms with E-state index >= 15 is 0 Å². The fourth-order valence-electron chi connectivity index (χ4n) is 1.64. The van der Waals surface area contributed by atoms with E-state index in [1.54, 1.807) is 11.8 Å². The second kappa shape index (κ2) is 4.05. The molecule has 3 heteroatoms. The average molecular weight is 206 g/mol. The minimum atomic E-state index is 0.561. The van der Waals surface area contributed by atoms with Gasteiger partial charge in [-0.2, -0.15) is 0 Å². The second-order valence-electron chi connectivity index (χ2n) is 3.60. The Kier molecular flexibility index (Phi) is 2.77. The number of amidine groups is 1. The molecule has 1 aromatic rings. The summed E-state index contributed by atoms with van der Waals surface area (Å²) in [7, 11) is 0. The van der Waals surface area contributed by atoms with Crippen LogP contribution in [0.2, 0.25) is 0 Å². The molecule has 1 aliphatic heterocycles. The number of rotatable bonds is 2. The number of hydrogen-bond donors (Lipinski definition) is 1. The third-order valence-electron chi connectivity index (χ3n) is 2.29. The van der Waals surface area contributed by atoms with Crippen LogP contribution in [0.5, 0.6) is 0 Å². The van der Waals surface area contributed by atoms with E-state index in [2.05, 4.69) is 24.0 Å². The van der Waals surface area contributed by atoms with Crippen LogP contribution in [0.3, 0.4) is 0 Å². The molecule has 2 nitrogen and oxygen atoms in total. The quantitative estimate of drug-likeness (QED) is 0.805. The Morgan fingerprint density at radius 1 is 1.43 bits per heavy atom. The Bertz CT molecular complexity index is 323. The molecule has 1 aromatic carbocycles. The Balaban J connectivity index is 2.02. The molecule has 0 amide bonds. The first-order valence-corrected chi connectivity index (χ1v) is 5.68. The Morgan fingerprint density at radius 3 is 2.71 bits per heavy atom. The van der Waals surface area contributed by atoms with Gasteiger partial charge >= 0.3 is 0 Å². The van der Waals surface area contributed by atoms with E-state index < -0.39 is 0 Å². The predicted molar refractivity (Wildman–Crippen MR) is 61.6 cm³/mol. The number of nitrogens with zero attached hydrogens (tertiary/aromatic N) is 1. The summed E-state index contributed by atoms with van der Waals surface area (Å²) < 4.78 is 0. The van der Waals surface area contributed by atoms with Crippen molar-refractivity contribution in [2.45, 2.75) is 18.7 Å². The highest BCUT2D eigenvalue weighted by molar-refractivity contribution is 8.14. The molecule has 1 atom stereocenters. The third kappa shape index (κ3) is 2.10. The third-order valence-corrected chi connectivity index (χ3v) is 3.33. The molecule has 2 rings (SSSR count). The van der Waals surface area contributed by atoms with Crippen LogP contribution in [0.4, 0.5) is 0 Å². The van der Waals surface area contributed by atoms with E-state index in [0.29, 0.717) is 10.4 Å². The Hall–Kier alpha value is -0.960. The molecule has 0 aromatic heterocycles. The number of hydrogen-bond acceptors (Lipinski definition) is 2. The predicted octanol–water partition coefficient (Wildman–Crippen LogP) is 2.56. The van der Waals surface area contributed by atoms with Crippen LogP contribution in [-0.2, 0) is 6.54 Å². The standard InChI is InChI=1S/C11H14N2S/c1-9-7-13(11(12)14-9)8-10-5-3-2-4-6-10/h2-6,9,12H,7-8H2,1H3/t9-/m1/s1. The van der Waals surface area contributed by atoms with Crippen molar-refractivity contribution in [3.05, 3.63) is 35.9 Å². The molecule has 0 aliphatic carbocycles. The minimum absolute atomic E-state index is 0.561. The maximum Gasteiger partial charge on any atom is 0.157 e. The van der Waals surface area contributed by atoms with Crippen LogP contribution in [0.25, 0.3) is 0 Å². The van der Waals surface area contributed by atoms with Crippen LogP contribution in [0, 0.1) is 5.41 Å². The largest absolute Gasteiger partial charge is 0.346 e. The molecule has 74 valence electrons. The first-order valence-electron chi connectivity index (χ1n) is 4.80. The van der Waals surface area contributed by atoms with Crippen LogP contribution < -0.4 is 0 Å². The number of thioether (sulfide) groups is 1. The van der Waals surface area contributed by atoms with E-state index in [1.165, 1.54) is 5.56 Å². The lowest BCUT2D eigenvalue weighted by Gasteiger charge is -2.16. The van der Waals surface area contributed by atoms with Crippen LogP contribution in [0.1, 0.15) is 12.5 Å². The van der Waals surface area contributed by atoms with Gasteiger partial charge in [0.25, 0.3) is 0 Å². The molecule has 1 heterocycles. The van der Waals surface area contributed by atoms with E-state index in [1.807, 2.05) is 18.2 Å². The van der Waals surface area contributed by atoms with Crippen molar-refractivity contribution < 1.29 is 0 Å². The zero-order chi connectivity index (χ0) is 9.97. The lowest BCUT2D eigenvalue weighted by molar-refractivity contribution is 0.435. The minimum Gasteiger partial charge on any atom is -0.346 e. The second-order valence-corrected chi connectivity index (χ2v) is 5.03. The summed E-state index contributed by atoms with van der Waals surface area (Å²) in [5.74, 6) is 0. The molecule has 1 N–H and O–H groups in total. The van der Waals surface area contributed by atoms with Crippen molar-refractivity contribution in [1.29, 1.82) is 5.41 Å². The zero-order valence-electron chi connectivity index (χ0n) is 8.23. The van der Waals surface area contributed by atoms with Gasteiger partial charge in [0, 0.05) is 18.3 Å². The molecule has 0 saturated carbocycles. The molecule has 1 fully saturated rings. The van der Waals surface area contributed by atoms with Gasteiger partial charge in [0.05, 0.1) is 0 Å². The normalized spacial score (nSPS) is 21.6. The van der Waals surface area contributed by atoms with Gasteiger partial charge in [-0.05, 0) is 5.56 Å². The summed E-state index contributed by atoms with van der Waals surface area (Å²) in [6.45, 7) is 4.04. The summed E-state index contributed by atoms with van der Waals surface area (Å²) in [5, 5.41) is 9.05. The summed E-state index contributed by atoms with van der Waals surface area (Å²) >= 11 is 1.66. The molecule has 1 aliphatic rings. The maximum absolute atomic E-state index is 7.77. The first kappa shape index (κ1) is 9.59. The maximum atomic E-state index is 7.77. The molecular formula is C11H14N2S. The van der Waals surface area contributed by atoms with Gasteiger partial charge in [0.15, 0.2) is 5.17 Å². The van der Waals surface area contributed by atoms with E-state index in [9.17, 15) is 0 Å². The summed E-state index contributed by atoms with van der Waals surface area (Å²) in [6, 6.07) is 10.3.